The number of fused-ring (bicyclic) bond motifs is 1. The SMILES string of the molecule is O=C(NCC1CCCC1CCl)c1cccc2cccnc12. The highest BCUT2D eigenvalue weighted by Gasteiger charge is 2.26. The van der Waals surface area contributed by atoms with Crippen molar-refractivity contribution in [2.75, 3.05) is 12.4 Å². The van der Waals surface area contributed by atoms with E-state index in [1.54, 1.807) is 6.20 Å². The number of benzene rings is 1. The fourth-order valence-electron chi connectivity index (χ4n) is 3.19. The minimum atomic E-state index is -0.0421. The van der Waals surface area contributed by atoms with Gasteiger partial charge in [-0.25, -0.2) is 0 Å². The highest BCUT2D eigenvalue weighted by Crippen LogP contribution is 2.32. The smallest absolute Gasteiger partial charge is 0.253 e. The molecule has 0 saturated heterocycles. The maximum absolute atomic E-state index is 12.4. The number of pyridine rings is 1. The molecule has 2 aromatic rings. The number of carbonyl (C=O) groups is 1. The van der Waals surface area contributed by atoms with Gasteiger partial charge in [-0.05, 0) is 36.8 Å². The number of nitrogens with one attached hydrogen (secondary N) is 1. The summed E-state index contributed by atoms with van der Waals surface area (Å²) in [6.45, 7) is 0.708. The molecule has 110 valence electrons. The van der Waals surface area contributed by atoms with E-state index in [9.17, 15) is 4.79 Å². The molecule has 0 spiro atoms. The lowest BCUT2D eigenvalue weighted by Crippen LogP contribution is -2.31. The quantitative estimate of drug-likeness (QED) is 0.877. The molecule has 1 fully saturated rings. The largest absolute Gasteiger partial charge is 0.352 e. The summed E-state index contributed by atoms with van der Waals surface area (Å²) in [6, 6.07) is 9.56. The second-order valence-corrected chi connectivity index (χ2v) is 6.00. The second kappa shape index (κ2) is 6.44. The maximum Gasteiger partial charge on any atom is 0.253 e. The molecule has 1 aromatic carbocycles. The lowest BCUT2D eigenvalue weighted by molar-refractivity contribution is 0.0946. The van der Waals surface area contributed by atoms with Gasteiger partial charge in [0.15, 0.2) is 0 Å². The van der Waals surface area contributed by atoms with E-state index in [-0.39, 0.29) is 5.91 Å². The van der Waals surface area contributed by atoms with Gasteiger partial charge in [-0.1, -0.05) is 24.6 Å². The van der Waals surface area contributed by atoms with Gasteiger partial charge in [0.25, 0.3) is 5.91 Å². The number of hydrogen-bond donors (Lipinski definition) is 1. The first kappa shape index (κ1) is 14.3. The Bertz CT molecular complexity index is 638. The van der Waals surface area contributed by atoms with Crippen LogP contribution in [0.15, 0.2) is 36.5 Å². The number of amides is 1. The van der Waals surface area contributed by atoms with Crippen LogP contribution in [0.1, 0.15) is 29.6 Å². The number of carbonyl (C=O) groups excluding carboxylic acids is 1. The summed E-state index contributed by atoms with van der Waals surface area (Å²) in [5.41, 5.74) is 1.41. The molecule has 21 heavy (non-hydrogen) atoms. The average Bonchev–Trinajstić information content (AvgIpc) is 2.99. The van der Waals surface area contributed by atoms with Gasteiger partial charge in [0.05, 0.1) is 11.1 Å². The van der Waals surface area contributed by atoms with Crippen molar-refractivity contribution in [1.29, 1.82) is 0 Å². The van der Waals surface area contributed by atoms with E-state index in [0.29, 0.717) is 29.8 Å². The van der Waals surface area contributed by atoms with Crippen molar-refractivity contribution >= 4 is 28.4 Å². The predicted octanol–water partition coefficient (Wildman–Crippen LogP) is 3.62. The number of alkyl halides is 1. The Balaban J connectivity index is 1.72. The Kier molecular flexibility index (Phi) is 4.39. The topological polar surface area (TPSA) is 42.0 Å². The molecule has 0 aliphatic heterocycles. The minimum absolute atomic E-state index is 0.0421. The van der Waals surface area contributed by atoms with Gasteiger partial charge in [0, 0.05) is 24.0 Å². The molecule has 1 heterocycles. The van der Waals surface area contributed by atoms with Crippen LogP contribution in [0.25, 0.3) is 10.9 Å². The standard InChI is InChI=1S/C17H19ClN2O/c18-10-13-5-1-6-14(13)11-20-17(21)15-8-2-4-12-7-3-9-19-16(12)15/h2-4,7-9,13-14H,1,5-6,10-11H2,(H,20,21). The van der Waals surface area contributed by atoms with Crippen LogP contribution in [0, 0.1) is 11.8 Å². The maximum atomic E-state index is 12.4. The summed E-state index contributed by atoms with van der Waals surface area (Å²) in [5, 5.41) is 4.05. The zero-order valence-corrected chi connectivity index (χ0v) is 12.6. The molecule has 1 aliphatic rings. The molecule has 1 aromatic heterocycles. The van der Waals surface area contributed by atoms with Crippen molar-refractivity contribution in [3.63, 3.8) is 0 Å². The van der Waals surface area contributed by atoms with Gasteiger partial charge in [-0.15, -0.1) is 11.6 Å². The fourth-order valence-corrected chi connectivity index (χ4v) is 3.60. The third-order valence-electron chi connectivity index (χ3n) is 4.42. The molecule has 1 aliphatic carbocycles. The molecule has 4 heteroatoms. The lowest BCUT2D eigenvalue weighted by atomic mass is 9.98. The van der Waals surface area contributed by atoms with Gasteiger partial charge in [0.1, 0.15) is 0 Å². The molecular formula is C17H19ClN2O. The third-order valence-corrected chi connectivity index (χ3v) is 4.81. The zero-order chi connectivity index (χ0) is 14.7. The van der Waals surface area contributed by atoms with E-state index >= 15 is 0 Å². The Morgan fingerprint density at radius 1 is 1.24 bits per heavy atom. The van der Waals surface area contributed by atoms with Crippen molar-refractivity contribution in [2.45, 2.75) is 19.3 Å². The number of para-hydroxylation sites is 1. The summed E-state index contributed by atoms with van der Waals surface area (Å²) >= 11 is 5.99. The Morgan fingerprint density at radius 3 is 2.90 bits per heavy atom. The number of rotatable bonds is 4. The Morgan fingerprint density at radius 2 is 2.05 bits per heavy atom. The molecule has 1 amide bonds. The van der Waals surface area contributed by atoms with Crippen LogP contribution >= 0.6 is 11.6 Å². The van der Waals surface area contributed by atoms with E-state index < -0.39 is 0 Å². The third kappa shape index (κ3) is 3.03. The van der Waals surface area contributed by atoms with Crippen LogP contribution in [0.3, 0.4) is 0 Å². The highest BCUT2D eigenvalue weighted by atomic mass is 35.5. The van der Waals surface area contributed by atoms with Crippen molar-refractivity contribution in [1.82, 2.24) is 10.3 Å². The average molecular weight is 303 g/mol. The fraction of sp³-hybridized carbons (Fsp3) is 0.412. The van der Waals surface area contributed by atoms with Gasteiger partial charge in [-0.3, -0.25) is 9.78 Å². The Labute approximate surface area is 129 Å². The van der Waals surface area contributed by atoms with Gasteiger partial charge < -0.3 is 5.32 Å². The molecule has 1 N–H and O–H groups in total. The minimum Gasteiger partial charge on any atom is -0.352 e. The van der Waals surface area contributed by atoms with Crippen molar-refractivity contribution in [2.24, 2.45) is 11.8 Å². The number of hydrogen-bond acceptors (Lipinski definition) is 2. The summed E-state index contributed by atoms with van der Waals surface area (Å²) < 4.78 is 0. The molecular weight excluding hydrogens is 284 g/mol. The predicted molar refractivity (Wildman–Crippen MR) is 85.6 cm³/mol. The van der Waals surface area contributed by atoms with Crippen LogP contribution in [0.5, 0.6) is 0 Å². The van der Waals surface area contributed by atoms with Crippen molar-refractivity contribution in [3.05, 3.63) is 42.1 Å². The number of halogens is 1. The summed E-state index contributed by atoms with van der Waals surface area (Å²) in [6.07, 6.45) is 5.28. The second-order valence-electron chi connectivity index (χ2n) is 5.70. The number of aromatic nitrogens is 1. The lowest BCUT2D eigenvalue weighted by Gasteiger charge is -2.17. The molecule has 3 nitrogen and oxygen atoms in total. The molecule has 1 saturated carbocycles. The Hall–Kier alpha value is -1.61. The monoisotopic (exact) mass is 302 g/mol. The summed E-state index contributed by atoms with van der Waals surface area (Å²) in [7, 11) is 0. The van der Waals surface area contributed by atoms with Crippen LogP contribution in [-0.2, 0) is 0 Å². The normalized spacial score (nSPS) is 21.6. The first-order valence-corrected chi connectivity index (χ1v) is 8.01. The molecule has 2 atom stereocenters. The van der Waals surface area contributed by atoms with E-state index in [0.717, 1.165) is 17.3 Å². The molecule has 0 radical (unpaired) electrons. The summed E-state index contributed by atoms with van der Waals surface area (Å²) in [5.74, 6) is 1.70. The van der Waals surface area contributed by atoms with Crippen molar-refractivity contribution in [3.8, 4) is 0 Å². The van der Waals surface area contributed by atoms with Crippen LogP contribution in [0.4, 0.5) is 0 Å². The van der Waals surface area contributed by atoms with Crippen LogP contribution < -0.4 is 5.32 Å². The summed E-state index contributed by atoms with van der Waals surface area (Å²) in [4.78, 5) is 16.8. The van der Waals surface area contributed by atoms with Gasteiger partial charge in [-0.2, -0.15) is 0 Å². The van der Waals surface area contributed by atoms with E-state index in [2.05, 4.69) is 10.3 Å². The zero-order valence-electron chi connectivity index (χ0n) is 11.9. The highest BCUT2D eigenvalue weighted by molar-refractivity contribution is 6.18. The molecule has 3 rings (SSSR count). The van der Waals surface area contributed by atoms with E-state index in [1.165, 1.54) is 12.8 Å². The van der Waals surface area contributed by atoms with Crippen molar-refractivity contribution < 1.29 is 4.79 Å². The van der Waals surface area contributed by atoms with Gasteiger partial charge >= 0.3 is 0 Å². The van der Waals surface area contributed by atoms with E-state index in [4.69, 9.17) is 11.6 Å². The molecule has 2 unspecified atom stereocenters. The first-order chi connectivity index (χ1) is 10.3. The molecule has 0 bridgehead atoms. The first-order valence-electron chi connectivity index (χ1n) is 7.47. The van der Waals surface area contributed by atoms with Gasteiger partial charge in [0.2, 0.25) is 0 Å². The van der Waals surface area contributed by atoms with Crippen LogP contribution in [0.2, 0.25) is 0 Å². The number of nitrogens with zero attached hydrogens (tertiary/aromatic N) is 1. The van der Waals surface area contributed by atoms with E-state index in [1.807, 2.05) is 30.3 Å². The van der Waals surface area contributed by atoms with Crippen LogP contribution in [-0.4, -0.2) is 23.3 Å².